The molecule has 0 radical (unpaired) electrons. The minimum Gasteiger partial charge on any atom is -0.368 e. The van der Waals surface area contributed by atoms with Gasteiger partial charge in [-0.05, 0) is 22.7 Å². The molecule has 0 aromatic heterocycles. The van der Waals surface area contributed by atoms with E-state index >= 15 is 0 Å². The zero-order valence-electron chi connectivity index (χ0n) is 15.6. The van der Waals surface area contributed by atoms with Gasteiger partial charge in [0.05, 0.1) is 6.42 Å². The predicted octanol–water partition coefficient (Wildman–Crippen LogP) is 2.78. The Bertz CT molecular complexity index is 699. The van der Waals surface area contributed by atoms with E-state index in [1.165, 1.54) is 18.2 Å². The molecular formula is C19H27FN2O2Si. The highest BCUT2D eigenvalue weighted by atomic mass is 28.3. The molecule has 0 fully saturated rings. The first-order chi connectivity index (χ1) is 11.4. The van der Waals surface area contributed by atoms with E-state index < -0.39 is 25.8 Å². The molecule has 0 aliphatic rings. The van der Waals surface area contributed by atoms with Gasteiger partial charge in [0.15, 0.2) is 0 Å². The van der Waals surface area contributed by atoms with Crippen molar-refractivity contribution in [3.05, 3.63) is 35.6 Å². The van der Waals surface area contributed by atoms with Gasteiger partial charge in [0.2, 0.25) is 11.8 Å². The lowest BCUT2D eigenvalue weighted by Crippen LogP contribution is -2.45. The highest BCUT2D eigenvalue weighted by molar-refractivity contribution is 6.87. The Hall–Kier alpha value is -2.13. The first-order valence-corrected chi connectivity index (χ1v) is 11.3. The predicted molar refractivity (Wildman–Crippen MR) is 101 cm³/mol. The van der Waals surface area contributed by atoms with Gasteiger partial charge in [-0.15, -0.1) is 11.5 Å². The molecule has 1 aromatic rings. The van der Waals surface area contributed by atoms with Crippen LogP contribution >= 0.6 is 0 Å². The molecule has 0 saturated heterocycles. The number of primary amides is 1. The van der Waals surface area contributed by atoms with Gasteiger partial charge in [0.1, 0.15) is 19.9 Å². The fourth-order valence-electron chi connectivity index (χ4n) is 1.86. The van der Waals surface area contributed by atoms with E-state index in [-0.39, 0.29) is 23.8 Å². The van der Waals surface area contributed by atoms with Crippen LogP contribution in [0.15, 0.2) is 24.3 Å². The van der Waals surface area contributed by atoms with E-state index in [9.17, 15) is 14.0 Å². The maximum absolute atomic E-state index is 13.2. The zero-order chi connectivity index (χ0) is 19.3. The molecule has 0 aliphatic carbocycles. The Morgan fingerprint density at radius 1 is 1.32 bits per heavy atom. The summed E-state index contributed by atoms with van der Waals surface area (Å²) in [4.78, 5) is 23.7. The Morgan fingerprint density at radius 2 is 1.96 bits per heavy atom. The Labute approximate surface area is 150 Å². The average molecular weight is 363 g/mol. The van der Waals surface area contributed by atoms with Gasteiger partial charge in [0, 0.05) is 6.42 Å². The van der Waals surface area contributed by atoms with Crippen molar-refractivity contribution in [1.82, 2.24) is 5.32 Å². The number of carbonyl (C=O) groups is 2. The molecule has 1 rings (SSSR count). The van der Waals surface area contributed by atoms with E-state index in [1.807, 2.05) is 0 Å². The molecule has 6 heteroatoms. The zero-order valence-corrected chi connectivity index (χ0v) is 16.6. The molecule has 136 valence electrons. The van der Waals surface area contributed by atoms with Crippen molar-refractivity contribution in [2.45, 2.75) is 57.8 Å². The van der Waals surface area contributed by atoms with Crippen molar-refractivity contribution in [3.63, 3.8) is 0 Å². The largest absolute Gasteiger partial charge is 0.368 e. The first-order valence-electron chi connectivity index (χ1n) is 8.25. The van der Waals surface area contributed by atoms with Gasteiger partial charge in [0.25, 0.3) is 0 Å². The number of hydrogen-bond donors (Lipinski definition) is 2. The molecule has 1 atom stereocenters. The number of carbonyl (C=O) groups excluding carboxylic acids is 2. The first kappa shape index (κ1) is 20.9. The quantitative estimate of drug-likeness (QED) is 0.624. The maximum Gasteiger partial charge on any atom is 0.240 e. The van der Waals surface area contributed by atoms with Gasteiger partial charge in [-0.3, -0.25) is 9.59 Å². The van der Waals surface area contributed by atoms with E-state index in [0.29, 0.717) is 5.56 Å². The standard InChI is InChI=1S/C19H27FN2O2Si/c1-19(2,3)25(4,5)11-7-10-16(18(21)24)22-17(23)13-14-8-6-9-15(20)12-14/h6,8-9,12,16H,10,13H2,1-5H3,(H2,21,24)(H,22,23)/t16-/m1/s1. The van der Waals surface area contributed by atoms with Crippen LogP contribution < -0.4 is 11.1 Å². The third kappa shape index (κ3) is 6.71. The number of halogens is 1. The molecule has 25 heavy (non-hydrogen) atoms. The van der Waals surface area contributed by atoms with Crippen molar-refractivity contribution >= 4 is 19.9 Å². The van der Waals surface area contributed by atoms with Crippen LogP contribution in [-0.2, 0) is 16.0 Å². The van der Waals surface area contributed by atoms with Crippen LogP contribution in [0.2, 0.25) is 18.1 Å². The van der Waals surface area contributed by atoms with Crippen LogP contribution in [0.25, 0.3) is 0 Å². The highest BCUT2D eigenvalue weighted by Crippen LogP contribution is 2.35. The summed E-state index contributed by atoms with van der Waals surface area (Å²) in [6.07, 6.45) is 0.161. The van der Waals surface area contributed by atoms with Crippen molar-refractivity contribution in [2.75, 3.05) is 0 Å². The fraction of sp³-hybridized carbons (Fsp3) is 0.474. The van der Waals surface area contributed by atoms with Crippen molar-refractivity contribution < 1.29 is 14.0 Å². The van der Waals surface area contributed by atoms with Crippen LogP contribution in [0.5, 0.6) is 0 Å². The molecule has 4 nitrogen and oxygen atoms in total. The van der Waals surface area contributed by atoms with E-state index in [1.54, 1.807) is 6.07 Å². The van der Waals surface area contributed by atoms with Gasteiger partial charge >= 0.3 is 0 Å². The average Bonchev–Trinajstić information content (AvgIpc) is 2.44. The normalized spacial score (nSPS) is 12.7. The second kappa shape index (κ2) is 8.30. The Balaban J connectivity index is 2.72. The summed E-state index contributed by atoms with van der Waals surface area (Å²) >= 11 is 0. The molecule has 0 aliphatic heterocycles. The second-order valence-corrected chi connectivity index (χ2v) is 12.7. The van der Waals surface area contributed by atoms with E-state index in [0.717, 1.165) is 0 Å². The number of nitrogens with one attached hydrogen (secondary N) is 1. The molecule has 0 heterocycles. The molecule has 1 aromatic carbocycles. The molecule has 0 bridgehead atoms. The molecule has 0 spiro atoms. The minimum absolute atomic E-state index is 0.0167. The third-order valence-electron chi connectivity index (χ3n) is 4.51. The lowest BCUT2D eigenvalue weighted by molar-refractivity contribution is -0.126. The number of amides is 2. The van der Waals surface area contributed by atoms with Gasteiger partial charge in [-0.2, -0.15) is 0 Å². The topological polar surface area (TPSA) is 72.2 Å². The lowest BCUT2D eigenvalue weighted by atomic mass is 10.1. The molecular weight excluding hydrogens is 335 g/mol. The lowest BCUT2D eigenvalue weighted by Gasteiger charge is -2.31. The van der Waals surface area contributed by atoms with Gasteiger partial charge in [-0.1, -0.05) is 46.0 Å². The summed E-state index contributed by atoms with van der Waals surface area (Å²) in [7, 11) is -1.78. The minimum atomic E-state index is -1.78. The number of nitrogens with two attached hydrogens (primary N) is 1. The van der Waals surface area contributed by atoms with Crippen molar-refractivity contribution in [2.24, 2.45) is 5.73 Å². The smallest absolute Gasteiger partial charge is 0.240 e. The van der Waals surface area contributed by atoms with Crippen molar-refractivity contribution in [3.8, 4) is 11.5 Å². The Kier molecular flexibility index (Phi) is 6.94. The summed E-state index contributed by atoms with van der Waals surface area (Å²) in [5.41, 5.74) is 9.20. The number of rotatable bonds is 5. The molecule has 2 amide bonds. The maximum atomic E-state index is 13.2. The van der Waals surface area contributed by atoms with Crippen LogP contribution in [0, 0.1) is 17.3 Å². The highest BCUT2D eigenvalue weighted by Gasteiger charge is 2.33. The molecule has 0 unspecified atom stereocenters. The van der Waals surface area contributed by atoms with Crippen molar-refractivity contribution in [1.29, 1.82) is 0 Å². The summed E-state index contributed by atoms with van der Waals surface area (Å²) in [5, 5.41) is 2.70. The van der Waals surface area contributed by atoms with Crippen LogP contribution in [0.1, 0.15) is 32.8 Å². The van der Waals surface area contributed by atoms with Gasteiger partial charge in [-0.25, -0.2) is 4.39 Å². The van der Waals surface area contributed by atoms with Crippen LogP contribution in [0.3, 0.4) is 0 Å². The second-order valence-electron chi connectivity index (χ2n) is 7.71. The summed E-state index contributed by atoms with van der Waals surface area (Å²) < 4.78 is 13.2. The van der Waals surface area contributed by atoms with E-state index in [2.05, 4.69) is 50.6 Å². The summed E-state index contributed by atoms with van der Waals surface area (Å²) in [6, 6.07) is 4.94. The molecule has 3 N–H and O–H groups in total. The Morgan fingerprint density at radius 3 is 2.48 bits per heavy atom. The van der Waals surface area contributed by atoms with Gasteiger partial charge < -0.3 is 11.1 Å². The fourth-order valence-corrected chi connectivity index (χ4v) is 2.78. The van der Waals surface area contributed by atoms with E-state index in [4.69, 9.17) is 5.73 Å². The van der Waals surface area contributed by atoms with Crippen LogP contribution in [0.4, 0.5) is 4.39 Å². The molecule has 0 saturated carbocycles. The summed E-state index contributed by atoms with van der Waals surface area (Å²) in [5.74, 6) is 1.61. The van der Waals surface area contributed by atoms with Crippen LogP contribution in [-0.4, -0.2) is 25.9 Å². The summed E-state index contributed by atoms with van der Waals surface area (Å²) in [6.45, 7) is 10.8. The monoisotopic (exact) mass is 362 g/mol. The number of hydrogen-bond acceptors (Lipinski definition) is 2. The number of benzene rings is 1. The SMILES string of the molecule is CC(C)(C)[Si](C)(C)C#CC[C@@H](NC(=O)Cc1cccc(F)c1)C(N)=O. The third-order valence-corrected chi connectivity index (χ3v) is 9.07.